The van der Waals surface area contributed by atoms with Gasteiger partial charge in [0.1, 0.15) is 0 Å². The average molecular weight is 642 g/mol. The van der Waals surface area contributed by atoms with Crippen molar-refractivity contribution >= 4 is 23.6 Å². The molecule has 0 saturated carbocycles. The molecule has 5 aromatic rings. The van der Waals surface area contributed by atoms with Crippen molar-refractivity contribution in [3.8, 4) is 11.1 Å². The number of carbonyl (C=O) groups is 2. The summed E-state index contributed by atoms with van der Waals surface area (Å²) in [6, 6.07) is 41.3. The molecule has 1 fully saturated rings. The van der Waals surface area contributed by atoms with Crippen molar-refractivity contribution in [1.82, 2.24) is 4.90 Å². The van der Waals surface area contributed by atoms with Crippen molar-refractivity contribution in [2.75, 3.05) is 5.75 Å². The highest BCUT2D eigenvalue weighted by atomic mass is 32.2. The number of benzene rings is 5. The predicted octanol–water partition coefficient (Wildman–Crippen LogP) is 8.23. The Kier molecular flexibility index (Phi) is 9.05. The summed E-state index contributed by atoms with van der Waals surface area (Å²) in [6.45, 7) is 2.36. The van der Waals surface area contributed by atoms with Crippen LogP contribution in [0.2, 0.25) is 0 Å². The number of nitrogens with zero attached hydrogens (tertiary/aromatic N) is 1. The van der Waals surface area contributed by atoms with E-state index >= 15 is 0 Å². The fraction of sp³-hybridized carbons (Fsp3) is 0.200. The van der Waals surface area contributed by atoms with Crippen molar-refractivity contribution in [1.29, 1.82) is 0 Å². The monoisotopic (exact) mass is 641 g/mol. The van der Waals surface area contributed by atoms with Gasteiger partial charge in [-0.05, 0) is 52.1 Å². The van der Waals surface area contributed by atoms with E-state index in [1.807, 2.05) is 91.0 Å². The molecule has 1 N–H and O–H groups in total. The molecule has 236 valence electrons. The lowest BCUT2D eigenvalue weighted by molar-refractivity contribution is -0.268. The van der Waals surface area contributed by atoms with Gasteiger partial charge in [0.05, 0.1) is 36.5 Å². The van der Waals surface area contributed by atoms with Gasteiger partial charge in [0, 0.05) is 22.1 Å². The molecule has 2 heterocycles. The second-order valence-electron chi connectivity index (χ2n) is 12.0. The molecule has 0 spiro atoms. The van der Waals surface area contributed by atoms with Gasteiger partial charge < -0.3 is 14.6 Å². The summed E-state index contributed by atoms with van der Waals surface area (Å²) in [4.78, 5) is 28.7. The Bertz CT molecular complexity index is 1840. The third kappa shape index (κ3) is 6.40. The molecule has 7 heteroatoms. The molecule has 0 radical (unpaired) electrons. The van der Waals surface area contributed by atoms with Crippen LogP contribution in [0.25, 0.3) is 11.1 Å². The maximum absolute atomic E-state index is 13.1. The van der Waals surface area contributed by atoms with E-state index in [2.05, 4.69) is 19.1 Å². The van der Waals surface area contributed by atoms with E-state index in [-0.39, 0.29) is 43.1 Å². The van der Waals surface area contributed by atoms with Gasteiger partial charge in [0.2, 0.25) is 0 Å². The largest absolute Gasteiger partial charge is 0.392 e. The number of ether oxygens (including phenoxy) is 2. The number of fused-ring (bicyclic) bond motifs is 1. The van der Waals surface area contributed by atoms with Crippen LogP contribution in [-0.4, -0.2) is 33.7 Å². The zero-order chi connectivity index (χ0) is 32.3. The van der Waals surface area contributed by atoms with Gasteiger partial charge in [-0.2, -0.15) is 0 Å². The number of hydrogen-bond donors (Lipinski definition) is 1. The first-order chi connectivity index (χ1) is 23.0. The van der Waals surface area contributed by atoms with Crippen molar-refractivity contribution in [3.63, 3.8) is 0 Å². The Morgan fingerprint density at radius 2 is 1.28 bits per heavy atom. The maximum Gasteiger partial charge on any atom is 0.261 e. The van der Waals surface area contributed by atoms with E-state index in [0.717, 1.165) is 39.1 Å². The van der Waals surface area contributed by atoms with Gasteiger partial charge in [-0.3, -0.25) is 14.5 Å². The summed E-state index contributed by atoms with van der Waals surface area (Å²) >= 11 is 1.78. The fourth-order valence-electron chi connectivity index (χ4n) is 6.32. The van der Waals surface area contributed by atoms with Crippen LogP contribution in [0.5, 0.6) is 0 Å². The van der Waals surface area contributed by atoms with E-state index in [4.69, 9.17) is 9.47 Å². The highest BCUT2D eigenvalue weighted by Crippen LogP contribution is 2.43. The number of amides is 2. The third-order valence-corrected chi connectivity index (χ3v) is 10.1. The molecule has 47 heavy (non-hydrogen) atoms. The molecule has 0 unspecified atom stereocenters. The molecule has 6 nitrogen and oxygen atoms in total. The quantitative estimate of drug-likeness (QED) is 0.129. The smallest absolute Gasteiger partial charge is 0.261 e. The molecule has 2 amide bonds. The lowest BCUT2D eigenvalue weighted by Crippen LogP contribution is -2.38. The Morgan fingerprint density at radius 3 is 1.94 bits per heavy atom. The summed E-state index contributed by atoms with van der Waals surface area (Å²) in [5.41, 5.74) is 6.53. The van der Waals surface area contributed by atoms with Crippen LogP contribution in [0.1, 0.15) is 62.3 Å². The zero-order valence-corrected chi connectivity index (χ0v) is 26.8. The predicted molar refractivity (Wildman–Crippen MR) is 183 cm³/mol. The number of rotatable bonds is 9. The normalized spacial score (nSPS) is 20.8. The van der Waals surface area contributed by atoms with Crippen LogP contribution < -0.4 is 0 Å². The average Bonchev–Trinajstić information content (AvgIpc) is 3.37. The van der Waals surface area contributed by atoms with Gasteiger partial charge in [-0.25, -0.2) is 0 Å². The Balaban J connectivity index is 1.13. The molecule has 7 rings (SSSR count). The second-order valence-corrected chi connectivity index (χ2v) is 13.1. The number of thioether (sulfide) groups is 1. The van der Waals surface area contributed by atoms with Crippen LogP contribution >= 0.6 is 11.8 Å². The second kappa shape index (κ2) is 13.7. The van der Waals surface area contributed by atoms with Crippen LogP contribution in [0.4, 0.5) is 0 Å². The molecular weight excluding hydrogens is 607 g/mol. The van der Waals surface area contributed by atoms with Gasteiger partial charge in [-0.15, -0.1) is 11.8 Å². The maximum atomic E-state index is 13.1. The number of aliphatic hydroxyl groups is 1. The number of aliphatic hydroxyl groups excluding tert-OH is 1. The number of imide groups is 1. The van der Waals surface area contributed by atoms with E-state index in [0.29, 0.717) is 11.1 Å². The van der Waals surface area contributed by atoms with Crippen LogP contribution in [0, 0.1) is 5.92 Å². The fourth-order valence-corrected chi connectivity index (χ4v) is 7.41. The molecule has 0 aliphatic carbocycles. The first-order valence-corrected chi connectivity index (χ1v) is 16.8. The standard InChI is InChI=1S/C40H35NO5S/c1-26-36(25-47-32-10-3-2-4-11-32)45-40(46-37(26)29-17-15-27(24-42)16-18-29)30-21-19-28(20-22-30)33-12-6-5-9-31(33)23-41-38(43)34-13-7-8-14-35(34)39(41)44/h2-22,26,36-37,40,42H,23-25H2,1H3/t26-,36+,37+,40+/m1/s1. The molecular formula is C40H35NO5S. The number of hydrogen-bond acceptors (Lipinski definition) is 6. The van der Waals surface area contributed by atoms with Gasteiger partial charge in [-0.1, -0.05) is 110 Å². The van der Waals surface area contributed by atoms with E-state index < -0.39 is 6.29 Å². The molecule has 2 aliphatic heterocycles. The molecule has 5 aromatic carbocycles. The van der Waals surface area contributed by atoms with Crippen LogP contribution in [0.15, 0.2) is 132 Å². The minimum absolute atomic E-state index is 0.00277. The van der Waals surface area contributed by atoms with Gasteiger partial charge in [0.25, 0.3) is 11.8 Å². The lowest BCUT2D eigenvalue weighted by atomic mass is 9.91. The van der Waals surface area contributed by atoms with Crippen LogP contribution in [0.3, 0.4) is 0 Å². The Morgan fingerprint density at radius 1 is 0.681 bits per heavy atom. The topological polar surface area (TPSA) is 76.1 Å². The van der Waals surface area contributed by atoms with Crippen LogP contribution in [-0.2, 0) is 22.6 Å². The van der Waals surface area contributed by atoms with E-state index in [1.54, 1.807) is 36.0 Å². The van der Waals surface area contributed by atoms with E-state index in [1.165, 1.54) is 9.80 Å². The molecule has 4 atom stereocenters. The highest BCUT2D eigenvalue weighted by Gasteiger charge is 2.39. The van der Waals surface area contributed by atoms with E-state index in [9.17, 15) is 14.7 Å². The summed E-state index contributed by atoms with van der Waals surface area (Å²) in [6.07, 6.45) is -0.831. The number of carbonyl (C=O) groups excluding carboxylic acids is 2. The van der Waals surface area contributed by atoms with Crippen molar-refractivity contribution in [2.45, 2.75) is 43.5 Å². The minimum atomic E-state index is -0.572. The van der Waals surface area contributed by atoms with Gasteiger partial charge in [0.15, 0.2) is 6.29 Å². The summed E-state index contributed by atoms with van der Waals surface area (Å²) < 4.78 is 13.3. The lowest BCUT2D eigenvalue weighted by Gasteiger charge is -2.41. The van der Waals surface area contributed by atoms with Crippen molar-refractivity contribution < 1.29 is 24.2 Å². The molecule has 0 aromatic heterocycles. The summed E-state index contributed by atoms with van der Waals surface area (Å²) in [7, 11) is 0. The summed E-state index contributed by atoms with van der Waals surface area (Å²) in [5, 5.41) is 9.57. The molecule has 1 saturated heterocycles. The van der Waals surface area contributed by atoms with Crippen molar-refractivity contribution in [3.05, 3.63) is 161 Å². The first-order valence-electron chi connectivity index (χ1n) is 15.8. The first kappa shape index (κ1) is 31.1. The Labute approximate surface area is 279 Å². The Hall–Kier alpha value is -4.53. The highest BCUT2D eigenvalue weighted by molar-refractivity contribution is 7.99. The SMILES string of the molecule is C[C@@H]1[C@H](CSc2ccccc2)O[C@H](c2ccc(-c3ccccc3CN3C(=O)c4ccccc4C3=O)cc2)O[C@@H]1c1ccc(CO)cc1. The third-order valence-electron chi connectivity index (χ3n) is 9.00. The molecule has 0 bridgehead atoms. The van der Waals surface area contributed by atoms with Gasteiger partial charge >= 0.3 is 0 Å². The zero-order valence-electron chi connectivity index (χ0n) is 26.0. The molecule has 2 aliphatic rings. The minimum Gasteiger partial charge on any atom is -0.392 e. The summed E-state index contributed by atoms with van der Waals surface area (Å²) in [5.74, 6) is 0.337. The van der Waals surface area contributed by atoms with Crippen molar-refractivity contribution in [2.24, 2.45) is 5.92 Å².